The molecule has 1 aliphatic rings. The monoisotopic (exact) mass is 319 g/mol. The molecule has 0 spiro atoms. The number of carbonyl (C=O) groups is 2. The Balaban J connectivity index is 2.04. The SMILES string of the molecule is CC(C)CCOc1ccc(C(=O)N2CCCC2(C)C(=O)O)cc1. The van der Waals surface area contributed by atoms with Crippen LogP contribution in [0, 0.1) is 5.92 Å². The van der Waals surface area contributed by atoms with Crippen molar-refractivity contribution < 1.29 is 19.4 Å². The van der Waals surface area contributed by atoms with Crippen LogP contribution in [0.1, 0.15) is 50.4 Å². The third-order valence-corrected chi connectivity index (χ3v) is 4.41. The van der Waals surface area contributed by atoms with Crippen LogP contribution in [0.2, 0.25) is 0 Å². The molecule has 0 bridgehead atoms. The average molecular weight is 319 g/mol. The van der Waals surface area contributed by atoms with Crippen molar-refractivity contribution in [1.29, 1.82) is 0 Å². The fourth-order valence-electron chi connectivity index (χ4n) is 2.77. The molecule has 126 valence electrons. The number of hydrogen-bond donors (Lipinski definition) is 1. The fraction of sp³-hybridized carbons (Fsp3) is 0.556. The first-order valence-corrected chi connectivity index (χ1v) is 8.13. The highest BCUT2D eigenvalue weighted by Gasteiger charge is 2.46. The van der Waals surface area contributed by atoms with Crippen LogP contribution in [0.25, 0.3) is 0 Å². The molecule has 1 aromatic carbocycles. The highest BCUT2D eigenvalue weighted by Crippen LogP contribution is 2.31. The van der Waals surface area contributed by atoms with Crippen LogP contribution in [0.3, 0.4) is 0 Å². The quantitative estimate of drug-likeness (QED) is 0.874. The number of benzene rings is 1. The van der Waals surface area contributed by atoms with E-state index in [-0.39, 0.29) is 5.91 Å². The van der Waals surface area contributed by atoms with Gasteiger partial charge in [0, 0.05) is 12.1 Å². The first kappa shape index (κ1) is 17.3. The lowest BCUT2D eigenvalue weighted by atomic mass is 9.98. The number of hydrogen-bond acceptors (Lipinski definition) is 3. The van der Waals surface area contributed by atoms with Crippen molar-refractivity contribution >= 4 is 11.9 Å². The zero-order valence-corrected chi connectivity index (χ0v) is 14.0. The number of nitrogens with zero attached hydrogens (tertiary/aromatic N) is 1. The average Bonchev–Trinajstić information content (AvgIpc) is 2.90. The second kappa shape index (κ2) is 7.02. The van der Waals surface area contributed by atoms with E-state index < -0.39 is 11.5 Å². The number of aliphatic carboxylic acids is 1. The van der Waals surface area contributed by atoms with E-state index in [9.17, 15) is 14.7 Å². The minimum absolute atomic E-state index is 0.235. The van der Waals surface area contributed by atoms with Gasteiger partial charge in [0.2, 0.25) is 0 Å². The van der Waals surface area contributed by atoms with Crippen molar-refractivity contribution in [2.45, 2.75) is 45.6 Å². The molecule has 1 fully saturated rings. The molecule has 1 saturated heterocycles. The van der Waals surface area contributed by atoms with E-state index in [4.69, 9.17) is 4.74 Å². The van der Waals surface area contributed by atoms with Crippen molar-refractivity contribution in [2.24, 2.45) is 5.92 Å². The van der Waals surface area contributed by atoms with Gasteiger partial charge in [-0.2, -0.15) is 0 Å². The Kier molecular flexibility index (Phi) is 5.29. The summed E-state index contributed by atoms with van der Waals surface area (Å²) in [5.74, 6) is 0.127. The van der Waals surface area contributed by atoms with E-state index >= 15 is 0 Å². The zero-order chi connectivity index (χ0) is 17.0. The van der Waals surface area contributed by atoms with Crippen LogP contribution in [0.5, 0.6) is 5.75 Å². The van der Waals surface area contributed by atoms with Gasteiger partial charge in [-0.1, -0.05) is 13.8 Å². The van der Waals surface area contributed by atoms with E-state index in [2.05, 4.69) is 13.8 Å². The summed E-state index contributed by atoms with van der Waals surface area (Å²) < 4.78 is 5.64. The van der Waals surface area contributed by atoms with E-state index in [1.807, 2.05) is 0 Å². The maximum atomic E-state index is 12.6. The second-order valence-electron chi connectivity index (χ2n) is 6.69. The lowest BCUT2D eigenvalue weighted by Gasteiger charge is -2.31. The summed E-state index contributed by atoms with van der Waals surface area (Å²) in [6.45, 7) is 7.02. The van der Waals surface area contributed by atoms with Gasteiger partial charge in [0.25, 0.3) is 5.91 Å². The molecule has 2 rings (SSSR count). The number of carboxylic acid groups (broad SMARTS) is 1. The number of rotatable bonds is 6. The maximum Gasteiger partial charge on any atom is 0.329 e. The van der Waals surface area contributed by atoms with Gasteiger partial charge in [-0.25, -0.2) is 4.79 Å². The highest BCUT2D eigenvalue weighted by atomic mass is 16.5. The molecule has 0 aliphatic carbocycles. The summed E-state index contributed by atoms with van der Waals surface area (Å²) in [5, 5.41) is 9.41. The van der Waals surface area contributed by atoms with Crippen LogP contribution in [-0.4, -0.2) is 40.6 Å². The van der Waals surface area contributed by atoms with Crippen LogP contribution < -0.4 is 4.74 Å². The molecule has 5 heteroatoms. The Hall–Kier alpha value is -2.04. The predicted molar refractivity (Wildman–Crippen MR) is 87.7 cm³/mol. The number of carbonyl (C=O) groups excluding carboxylic acids is 1. The van der Waals surface area contributed by atoms with Crippen molar-refractivity contribution in [2.75, 3.05) is 13.2 Å². The lowest BCUT2D eigenvalue weighted by molar-refractivity contribution is -0.147. The van der Waals surface area contributed by atoms with Gasteiger partial charge in [0.1, 0.15) is 11.3 Å². The van der Waals surface area contributed by atoms with Gasteiger partial charge < -0.3 is 14.7 Å². The van der Waals surface area contributed by atoms with E-state index in [1.165, 1.54) is 4.90 Å². The smallest absolute Gasteiger partial charge is 0.329 e. The van der Waals surface area contributed by atoms with Crippen molar-refractivity contribution in [1.82, 2.24) is 4.90 Å². The van der Waals surface area contributed by atoms with Crippen LogP contribution in [0.15, 0.2) is 24.3 Å². The summed E-state index contributed by atoms with van der Waals surface area (Å²) in [6.07, 6.45) is 2.18. The Bertz CT molecular complexity index is 567. The van der Waals surface area contributed by atoms with Gasteiger partial charge in [0.05, 0.1) is 6.61 Å². The zero-order valence-electron chi connectivity index (χ0n) is 14.0. The van der Waals surface area contributed by atoms with Crippen LogP contribution in [-0.2, 0) is 4.79 Å². The molecule has 1 aromatic rings. The molecule has 0 radical (unpaired) electrons. The predicted octanol–water partition coefficient (Wildman–Crippen LogP) is 3.19. The molecule has 1 amide bonds. The molecule has 0 saturated carbocycles. The van der Waals surface area contributed by atoms with Crippen LogP contribution >= 0.6 is 0 Å². The summed E-state index contributed by atoms with van der Waals surface area (Å²) in [5.41, 5.74) is -0.612. The molecular formula is C18H25NO4. The largest absolute Gasteiger partial charge is 0.494 e. The van der Waals surface area contributed by atoms with Crippen molar-refractivity contribution in [3.05, 3.63) is 29.8 Å². The topological polar surface area (TPSA) is 66.8 Å². The summed E-state index contributed by atoms with van der Waals surface area (Å²) in [6, 6.07) is 6.94. The van der Waals surface area contributed by atoms with Crippen molar-refractivity contribution in [3.8, 4) is 5.75 Å². The molecule has 1 heterocycles. The standard InChI is InChI=1S/C18H25NO4/c1-13(2)9-12-23-15-7-5-14(6-8-15)16(20)19-11-4-10-18(19,3)17(21)22/h5-8,13H,4,9-12H2,1-3H3,(H,21,22). The second-order valence-corrected chi connectivity index (χ2v) is 6.69. The number of likely N-dealkylation sites (tertiary alicyclic amines) is 1. The molecule has 23 heavy (non-hydrogen) atoms. The van der Waals surface area contributed by atoms with Gasteiger partial charge >= 0.3 is 5.97 Å². The Morgan fingerprint density at radius 1 is 1.30 bits per heavy atom. The molecular weight excluding hydrogens is 294 g/mol. The van der Waals surface area contributed by atoms with Gasteiger partial charge in [-0.15, -0.1) is 0 Å². The Morgan fingerprint density at radius 3 is 2.52 bits per heavy atom. The number of amides is 1. The maximum absolute atomic E-state index is 12.6. The van der Waals surface area contributed by atoms with E-state index in [1.54, 1.807) is 31.2 Å². The molecule has 1 N–H and O–H groups in total. The first-order chi connectivity index (χ1) is 10.8. The normalized spacial score (nSPS) is 20.8. The minimum atomic E-state index is -1.11. The minimum Gasteiger partial charge on any atom is -0.494 e. The highest BCUT2D eigenvalue weighted by molar-refractivity contribution is 5.98. The van der Waals surface area contributed by atoms with E-state index in [0.29, 0.717) is 37.5 Å². The lowest BCUT2D eigenvalue weighted by Crippen LogP contribution is -2.50. The molecule has 5 nitrogen and oxygen atoms in total. The van der Waals surface area contributed by atoms with E-state index in [0.717, 1.165) is 12.2 Å². The fourth-order valence-corrected chi connectivity index (χ4v) is 2.77. The van der Waals surface area contributed by atoms with Gasteiger partial charge in [-0.3, -0.25) is 4.79 Å². The first-order valence-electron chi connectivity index (χ1n) is 8.13. The van der Waals surface area contributed by atoms with Crippen molar-refractivity contribution in [3.63, 3.8) is 0 Å². The number of carboxylic acids is 1. The molecule has 1 unspecified atom stereocenters. The third kappa shape index (κ3) is 3.84. The third-order valence-electron chi connectivity index (χ3n) is 4.41. The summed E-state index contributed by atoms with van der Waals surface area (Å²) in [4.78, 5) is 25.5. The Morgan fingerprint density at radius 2 is 1.96 bits per heavy atom. The summed E-state index contributed by atoms with van der Waals surface area (Å²) in [7, 11) is 0. The van der Waals surface area contributed by atoms with Gasteiger partial charge in [-0.05, 0) is 56.4 Å². The molecule has 1 aliphatic heterocycles. The summed E-state index contributed by atoms with van der Waals surface area (Å²) >= 11 is 0. The molecule has 0 aromatic heterocycles. The van der Waals surface area contributed by atoms with Crippen LogP contribution in [0.4, 0.5) is 0 Å². The Labute approximate surface area is 137 Å². The number of ether oxygens (including phenoxy) is 1. The molecule has 1 atom stereocenters. The van der Waals surface area contributed by atoms with Gasteiger partial charge in [0.15, 0.2) is 0 Å².